The molecule has 0 bridgehead atoms. The zero-order valence-corrected chi connectivity index (χ0v) is 11.1. The molecular formula is C15H23N3. The maximum absolute atomic E-state index is 7.81. The molecule has 0 saturated carbocycles. The number of amidine groups is 1. The molecule has 1 aromatic rings. The summed E-state index contributed by atoms with van der Waals surface area (Å²) in [6, 6.07) is 10.2. The van der Waals surface area contributed by atoms with E-state index in [1.54, 1.807) is 0 Å². The highest BCUT2D eigenvalue weighted by Crippen LogP contribution is 2.21. The van der Waals surface area contributed by atoms with Gasteiger partial charge in [0.15, 0.2) is 0 Å². The minimum atomic E-state index is 0.0384. The molecule has 98 valence electrons. The van der Waals surface area contributed by atoms with Gasteiger partial charge in [0.2, 0.25) is 0 Å². The average molecular weight is 245 g/mol. The number of hydrogen-bond acceptors (Lipinski definition) is 2. The Hall–Kier alpha value is -1.35. The zero-order valence-electron chi connectivity index (χ0n) is 11.1. The normalized spacial score (nSPS) is 22.6. The van der Waals surface area contributed by atoms with Crippen molar-refractivity contribution in [3.05, 3.63) is 35.9 Å². The van der Waals surface area contributed by atoms with Crippen LogP contribution in [-0.4, -0.2) is 30.4 Å². The van der Waals surface area contributed by atoms with E-state index in [1.165, 1.54) is 12.8 Å². The molecule has 1 fully saturated rings. The number of rotatable bonds is 4. The molecule has 1 heterocycles. The van der Waals surface area contributed by atoms with Gasteiger partial charge < -0.3 is 10.6 Å². The van der Waals surface area contributed by atoms with E-state index in [9.17, 15) is 0 Å². The molecule has 1 aromatic carbocycles. The first-order valence-electron chi connectivity index (χ1n) is 6.78. The summed E-state index contributed by atoms with van der Waals surface area (Å²) in [6.07, 6.45) is 2.59. The molecule has 18 heavy (non-hydrogen) atoms. The van der Waals surface area contributed by atoms with E-state index in [-0.39, 0.29) is 11.8 Å². The monoisotopic (exact) mass is 245 g/mol. The molecule has 1 aliphatic rings. The lowest BCUT2D eigenvalue weighted by molar-refractivity contribution is 0.182. The summed E-state index contributed by atoms with van der Waals surface area (Å²) in [6.45, 7) is 5.46. The van der Waals surface area contributed by atoms with Gasteiger partial charge in [0.05, 0.1) is 11.8 Å². The van der Waals surface area contributed by atoms with Crippen LogP contribution in [0.1, 0.15) is 31.2 Å². The topological polar surface area (TPSA) is 53.1 Å². The second-order valence-electron chi connectivity index (χ2n) is 5.43. The SMILES string of the molecule is CC1CCCN(CC(C(=N)N)c2ccccc2)C1. The van der Waals surface area contributed by atoms with Gasteiger partial charge in [-0.25, -0.2) is 0 Å². The first-order valence-corrected chi connectivity index (χ1v) is 6.78. The maximum atomic E-state index is 7.81. The summed E-state index contributed by atoms with van der Waals surface area (Å²) in [5, 5.41) is 7.81. The minimum absolute atomic E-state index is 0.0384. The van der Waals surface area contributed by atoms with Crippen molar-refractivity contribution in [2.75, 3.05) is 19.6 Å². The number of nitrogens with two attached hydrogens (primary N) is 1. The van der Waals surface area contributed by atoms with Crippen molar-refractivity contribution < 1.29 is 0 Å². The van der Waals surface area contributed by atoms with E-state index in [4.69, 9.17) is 11.1 Å². The summed E-state index contributed by atoms with van der Waals surface area (Å²) < 4.78 is 0. The fraction of sp³-hybridized carbons (Fsp3) is 0.533. The first-order chi connectivity index (χ1) is 8.66. The third-order valence-corrected chi connectivity index (χ3v) is 3.76. The van der Waals surface area contributed by atoms with Crippen LogP contribution in [0.15, 0.2) is 30.3 Å². The highest BCUT2D eigenvalue weighted by atomic mass is 15.1. The van der Waals surface area contributed by atoms with Crippen molar-refractivity contribution in [3.63, 3.8) is 0 Å². The Bertz CT molecular complexity index is 388. The predicted octanol–water partition coefficient (Wildman–Crippen LogP) is 2.44. The van der Waals surface area contributed by atoms with Gasteiger partial charge in [0.1, 0.15) is 0 Å². The average Bonchev–Trinajstić information content (AvgIpc) is 2.37. The summed E-state index contributed by atoms with van der Waals surface area (Å²) >= 11 is 0. The molecule has 0 radical (unpaired) electrons. The van der Waals surface area contributed by atoms with E-state index in [1.807, 2.05) is 18.2 Å². The van der Waals surface area contributed by atoms with Gasteiger partial charge in [-0.05, 0) is 30.9 Å². The molecule has 3 N–H and O–H groups in total. The van der Waals surface area contributed by atoms with Gasteiger partial charge in [-0.15, -0.1) is 0 Å². The summed E-state index contributed by atoms with van der Waals surface area (Å²) in [4.78, 5) is 2.45. The molecule has 0 spiro atoms. The van der Waals surface area contributed by atoms with Crippen molar-refractivity contribution >= 4 is 5.84 Å². The molecule has 0 aliphatic carbocycles. The Morgan fingerprint density at radius 2 is 2.17 bits per heavy atom. The smallest absolute Gasteiger partial charge is 0.0995 e. The molecule has 3 heteroatoms. The van der Waals surface area contributed by atoms with Gasteiger partial charge in [-0.1, -0.05) is 37.3 Å². The van der Waals surface area contributed by atoms with E-state index in [2.05, 4.69) is 24.0 Å². The van der Waals surface area contributed by atoms with Crippen LogP contribution in [0.25, 0.3) is 0 Å². The van der Waals surface area contributed by atoms with Crippen LogP contribution in [0.2, 0.25) is 0 Å². The van der Waals surface area contributed by atoms with Crippen LogP contribution >= 0.6 is 0 Å². The number of piperidine rings is 1. The molecule has 1 aliphatic heterocycles. The van der Waals surface area contributed by atoms with Gasteiger partial charge in [0, 0.05) is 13.1 Å². The van der Waals surface area contributed by atoms with Gasteiger partial charge >= 0.3 is 0 Å². The van der Waals surface area contributed by atoms with Crippen LogP contribution in [-0.2, 0) is 0 Å². The lowest BCUT2D eigenvalue weighted by Gasteiger charge is -2.33. The Labute approximate surface area is 109 Å². The van der Waals surface area contributed by atoms with Crippen molar-refractivity contribution in [2.24, 2.45) is 11.7 Å². The lowest BCUT2D eigenvalue weighted by Crippen LogP contribution is -2.40. The van der Waals surface area contributed by atoms with Crippen LogP contribution in [0.3, 0.4) is 0 Å². The van der Waals surface area contributed by atoms with Crippen molar-refractivity contribution in [1.29, 1.82) is 5.41 Å². The van der Waals surface area contributed by atoms with Crippen molar-refractivity contribution in [3.8, 4) is 0 Å². The van der Waals surface area contributed by atoms with E-state index >= 15 is 0 Å². The predicted molar refractivity (Wildman–Crippen MR) is 75.9 cm³/mol. The number of benzene rings is 1. The molecule has 2 rings (SSSR count). The Kier molecular flexibility index (Phi) is 4.37. The van der Waals surface area contributed by atoms with E-state index in [0.29, 0.717) is 0 Å². The quantitative estimate of drug-likeness (QED) is 0.632. The Balaban J connectivity index is 2.05. The number of hydrogen-bond donors (Lipinski definition) is 2. The summed E-state index contributed by atoms with van der Waals surface area (Å²) in [7, 11) is 0. The standard InChI is InChI=1S/C15H23N3/c1-12-6-5-9-18(10-12)11-14(15(16)17)13-7-3-2-4-8-13/h2-4,7-8,12,14H,5-6,9-11H2,1H3,(H3,16,17). The second kappa shape index (κ2) is 6.01. The Morgan fingerprint density at radius 1 is 1.44 bits per heavy atom. The van der Waals surface area contributed by atoms with Crippen molar-refractivity contribution in [1.82, 2.24) is 4.90 Å². The number of nitrogens with one attached hydrogen (secondary N) is 1. The molecule has 0 amide bonds. The third-order valence-electron chi connectivity index (χ3n) is 3.76. The molecule has 3 nitrogen and oxygen atoms in total. The minimum Gasteiger partial charge on any atom is -0.387 e. The van der Waals surface area contributed by atoms with Crippen LogP contribution in [0, 0.1) is 11.3 Å². The summed E-state index contributed by atoms with van der Waals surface area (Å²) in [5.41, 5.74) is 6.93. The van der Waals surface area contributed by atoms with E-state index < -0.39 is 0 Å². The first kappa shape index (κ1) is 13.1. The van der Waals surface area contributed by atoms with Crippen LogP contribution in [0.4, 0.5) is 0 Å². The summed E-state index contributed by atoms with van der Waals surface area (Å²) in [5.74, 6) is 1.08. The number of nitrogens with zero attached hydrogens (tertiary/aromatic N) is 1. The van der Waals surface area contributed by atoms with Crippen LogP contribution in [0.5, 0.6) is 0 Å². The number of likely N-dealkylation sites (tertiary alicyclic amines) is 1. The zero-order chi connectivity index (χ0) is 13.0. The fourth-order valence-electron chi connectivity index (χ4n) is 2.78. The van der Waals surface area contributed by atoms with Gasteiger partial charge in [0.25, 0.3) is 0 Å². The molecule has 2 unspecified atom stereocenters. The maximum Gasteiger partial charge on any atom is 0.0995 e. The van der Waals surface area contributed by atoms with Crippen molar-refractivity contribution in [2.45, 2.75) is 25.7 Å². The molecule has 0 aromatic heterocycles. The molecule has 1 saturated heterocycles. The molecule has 2 atom stereocenters. The third kappa shape index (κ3) is 3.33. The fourth-order valence-corrected chi connectivity index (χ4v) is 2.78. The Morgan fingerprint density at radius 3 is 2.78 bits per heavy atom. The largest absolute Gasteiger partial charge is 0.387 e. The lowest BCUT2D eigenvalue weighted by atomic mass is 9.94. The highest BCUT2D eigenvalue weighted by molar-refractivity contribution is 5.84. The van der Waals surface area contributed by atoms with Gasteiger partial charge in [-0.2, -0.15) is 0 Å². The van der Waals surface area contributed by atoms with E-state index in [0.717, 1.165) is 31.1 Å². The highest BCUT2D eigenvalue weighted by Gasteiger charge is 2.22. The second-order valence-corrected chi connectivity index (χ2v) is 5.43. The molecular weight excluding hydrogens is 222 g/mol. The van der Waals surface area contributed by atoms with Gasteiger partial charge in [-0.3, -0.25) is 5.41 Å². The van der Waals surface area contributed by atoms with Crippen LogP contribution < -0.4 is 5.73 Å².